The summed E-state index contributed by atoms with van der Waals surface area (Å²) < 4.78 is 11.3. The van der Waals surface area contributed by atoms with Gasteiger partial charge in [0.15, 0.2) is 11.5 Å². The molecule has 6 heteroatoms. The van der Waals surface area contributed by atoms with E-state index in [-0.39, 0.29) is 17.9 Å². The molecule has 0 aromatic heterocycles. The van der Waals surface area contributed by atoms with Crippen LogP contribution in [-0.2, 0) is 4.79 Å². The van der Waals surface area contributed by atoms with Gasteiger partial charge in [-0.3, -0.25) is 4.79 Å². The number of hydrogen-bond donors (Lipinski definition) is 2. The summed E-state index contributed by atoms with van der Waals surface area (Å²) in [5.74, 6) is 0.944. The fourth-order valence-electron chi connectivity index (χ4n) is 2.35. The number of nitrogens with one attached hydrogen (secondary N) is 1. The van der Waals surface area contributed by atoms with Gasteiger partial charge in [-0.1, -0.05) is 36.9 Å². The lowest BCUT2D eigenvalue weighted by atomic mass is 10.0. The monoisotopic (exact) mass is 358 g/mol. The number of ether oxygens (including phenoxy) is 2. The zero-order valence-electron chi connectivity index (χ0n) is 14.3. The lowest BCUT2D eigenvalue weighted by molar-refractivity contribution is -0.119. The molecule has 132 valence electrons. The van der Waals surface area contributed by atoms with Crippen LogP contribution < -0.4 is 20.5 Å². The van der Waals surface area contributed by atoms with E-state index in [0.717, 1.165) is 9.79 Å². The summed E-state index contributed by atoms with van der Waals surface area (Å²) in [5.41, 5.74) is 6.56. The molecule has 1 aliphatic heterocycles. The molecule has 3 N–H and O–H groups in total. The topological polar surface area (TPSA) is 73.6 Å². The van der Waals surface area contributed by atoms with Crippen LogP contribution in [-0.4, -0.2) is 25.2 Å². The Bertz CT molecular complexity index is 750. The Balaban J connectivity index is 1.92. The number of anilines is 1. The van der Waals surface area contributed by atoms with Crippen molar-refractivity contribution in [2.24, 2.45) is 11.7 Å². The van der Waals surface area contributed by atoms with Crippen molar-refractivity contribution in [1.82, 2.24) is 0 Å². The minimum absolute atomic E-state index is 0.110. The molecule has 2 aromatic carbocycles. The third kappa shape index (κ3) is 4.27. The molecule has 1 amide bonds. The number of hydrogen-bond acceptors (Lipinski definition) is 5. The zero-order chi connectivity index (χ0) is 17.8. The van der Waals surface area contributed by atoms with Crippen LogP contribution in [0.1, 0.15) is 13.8 Å². The summed E-state index contributed by atoms with van der Waals surface area (Å²) >= 11 is 1.57. The van der Waals surface area contributed by atoms with E-state index in [1.165, 1.54) is 0 Å². The second kappa shape index (κ2) is 7.80. The molecule has 0 bridgehead atoms. The minimum atomic E-state index is -0.289. The van der Waals surface area contributed by atoms with E-state index in [1.54, 1.807) is 11.8 Å². The van der Waals surface area contributed by atoms with Gasteiger partial charge in [-0.15, -0.1) is 0 Å². The fourth-order valence-corrected chi connectivity index (χ4v) is 3.29. The van der Waals surface area contributed by atoms with Crippen LogP contribution >= 0.6 is 11.8 Å². The van der Waals surface area contributed by atoms with Gasteiger partial charge in [-0.05, 0) is 19.1 Å². The predicted molar refractivity (Wildman–Crippen MR) is 99.4 cm³/mol. The first-order chi connectivity index (χ1) is 12.0. The maximum Gasteiger partial charge on any atom is 0.228 e. The first kappa shape index (κ1) is 17.6. The highest BCUT2D eigenvalue weighted by molar-refractivity contribution is 7.99. The van der Waals surface area contributed by atoms with Gasteiger partial charge in [-0.25, -0.2) is 0 Å². The molecule has 3 rings (SSSR count). The Morgan fingerprint density at radius 1 is 1.12 bits per heavy atom. The molecule has 0 radical (unpaired) electrons. The number of carbonyl (C=O) groups excluding carboxylic acids is 1. The molecule has 2 atom stereocenters. The molecule has 0 spiro atoms. The normalized spacial score (nSPS) is 15.3. The van der Waals surface area contributed by atoms with E-state index in [1.807, 2.05) is 56.3 Å². The van der Waals surface area contributed by atoms with Crippen molar-refractivity contribution in [1.29, 1.82) is 0 Å². The summed E-state index contributed by atoms with van der Waals surface area (Å²) in [7, 11) is 0. The lowest BCUT2D eigenvalue weighted by Crippen LogP contribution is -2.34. The third-order valence-corrected chi connectivity index (χ3v) is 5.14. The van der Waals surface area contributed by atoms with Crippen LogP contribution in [0, 0.1) is 5.92 Å². The Labute approximate surface area is 151 Å². The summed E-state index contributed by atoms with van der Waals surface area (Å²) in [6.45, 7) is 4.67. The number of fused-ring (bicyclic) bond motifs is 1. The van der Waals surface area contributed by atoms with Gasteiger partial charge in [0.1, 0.15) is 13.2 Å². The van der Waals surface area contributed by atoms with E-state index in [4.69, 9.17) is 15.2 Å². The second-order valence-corrected chi connectivity index (χ2v) is 7.16. The highest BCUT2D eigenvalue weighted by Gasteiger charge is 2.21. The molecule has 0 aliphatic carbocycles. The largest absolute Gasteiger partial charge is 0.486 e. The van der Waals surface area contributed by atoms with Gasteiger partial charge >= 0.3 is 0 Å². The molecule has 2 unspecified atom stereocenters. The minimum Gasteiger partial charge on any atom is -0.486 e. The Morgan fingerprint density at radius 3 is 2.40 bits per heavy atom. The molecule has 1 aliphatic rings. The number of amides is 1. The first-order valence-electron chi connectivity index (χ1n) is 8.27. The molecule has 5 nitrogen and oxygen atoms in total. The van der Waals surface area contributed by atoms with Crippen LogP contribution in [0.4, 0.5) is 5.69 Å². The quantitative estimate of drug-likeness (QED) is 0.855. The van der Waals surface area contributed by atoms with Crippen molar-refractivity contribution in [3.8, 4) is 11.5 Å². The third-order valence-electron chi connectivity index (χ3n) is 4.08. The summed E-state index contributed by atoms with van der Waals surface area (Å²) in [5, 5.41) is 2.99. The average molecular weight is 358 g/mol. The van der Waals surface area contributed by atoms with E-state index in [2.05, 4.69) is 5.32 Å². The average Bonchev–Trinajstić information content (AvgIpc) is 2.62. The molecule has 0 fully saturated rings. The van der Waals surface area contributed by atoms with Crippen LogP contribution in [0.15, 0.2) is 52.3 Å². The Hall–Kier alpha value is -2.18. The number of nitrogens with two attached hydrogens (primary N) is 1. The highest BCUT2D eigenvalue weighted by Crippen LogP contribution is 2.42. The molecule has 0 saturated carbocycles. The Morgan fingerprint density at radius 2 is 1.76 bits per heavy atom. The van der Waals surface area contributed by atoms with Crippen molar-refractivity contribution < 1.29 is 14.3 Å². The molecular weight excluding hydrogens is 336 g/mol. The summed E-state index contributed by atoms with van der Waals surface area (Å²) in [4.78, 5) is 14.4. The van der Waals surface area contributed by atoms with Gasteiger partial charge in [-0.2, -0.15) is 0 Å². The van der Waals surface area contributed by atoms with Crippen molar-refractivity contribution >= 4 is 23.4 Å². The Kier molecular flexibility index (Phi) is 5.50. The zero-order valence-corrected chi connectivity index (χ0v) is 15.1. The second-order valence-electron chi connectivity index (χ2n) is 6.04. The van der Waals surface area contributed by atoms with Gasteiger partial charge < -0.3 is 20.5 Å². The predicted octanol–water partition coefficient (Wildman–Crippen LogP) is 3.53. The van der Waals surface area contributed by atoms with Crippen LogP contribution in [0.3, 0.4) is 0 Å². The van der Waals surface area contributed by atoms with Crippen LogP contribution in [0.2, 0.25) is 0 Å². The van der Waals surface area contributed by atoms with E-state index in [9.17, 15) is 4.79 Å². The van der Waals surface area contributed by atoms with Crippen LogP contribution in [0.5, 0.6) is 11.5 Å². The lowest BCUT2D eigenvalue weighted by Gasteiger charge is -2.22. The van der Waals surface area contributed by atoms with E-state index < -0.39 is 0 Å². The molecular formula is C19H22N2O3S. The fraction of sp³-hybridized carbons (Fsp3) is 0.316. The van der Waals surface area contributed by atoms with Gasteiger partial charge in [0.25, 0.3) is 0 Å². The summed E-state index contributed by atoms with van der Waals surface area (Å²) in [6, 6.07) is 13.5. The van der Waals surface area contributed by atoms with Crippen molar-refractivity contribution in [2.75, 3.05) is 18.5 Å². The molecule has 2 aromatic rings. The summed E-state index contributed by atoms with van der Waals surface area (Å²) in [6.07, 6.45) is 0. The van der Waals surface area contributed by atoms with Crippen molar-refractivity contribution in [3.63, 3.8) is 0 Å². The number of benzene rings is 2. The number of carbonyl (C=O) groups is 1. The maximum atomic E-state index is 12.5. The van der Waals surface area contributed by atoms with E-state index in [0.29, 0.717) is 30.4 Å². The molecule has 25 heavy (non-hydrogen) atoms. The smallest absolute Gasteiger partial charge is 0.228 e. The molecule has 1 heterocycles. The van der Waals surface area contributed by atoms with Crippen molar-refractivity contribution in [2.45, 2.75) is 29.7 Å². The van der Waals surface area contributed by atoms with E-state index >= 15 is 0 Å². The standard InChI is InChI=1S/C19H22N2O3S/c1-12(13(2)20)19(22)21-15-10-16-17(24-9-8-23-16)11-18(15)25-14-6-4-3-5-7-14/h3-7,10-13H,8-9,20H2,1-2H3,(H,21,22). The van der Waals surface area contributed by atoms with Gasteiger partial charge in [0.2, 0.25) is 5.91 Å². The molecule has 0 saturated heterocycles. The first-order valence-corrected chi connectivity index (χ1v) is 9.09. The van der Waals surface area contributed by atoms with Crippen LogP contribution in [0.25, 0.3) is 0 Å². The van der Waals surface area contributed by atoms with Gasteiger partial charge in [0, 0.05) is 28.0 Å². The SMILES string of the molecule is CC(N)C(C)C(=O)Nc1cc2c(cc1Sc1ccccc1)OCCO2. The van der Waals surface area contributed by atoms with Crippen molar-refractivity contribution in [3.05, 3.63) is 42.5 Å². The number of rotatable bonds is 5. The van der Waals surface area contributed by atoms with Gasteiger partial charge in [0.05, 0.1) is 11.6 Å². The highest BCUT2D eigenvalue weighted by atomic mass is 32.2. The maximum absolute atomic E-state index is 12.5.